The van der Waals surface area contributed by atoms with Crippen molar-refractivity contribution in [1.29, 1.82) is 0 Å². The van der Waals surface area contributed by atoms with Gasteiger partial charge in [0.2, 0.25) is 0 Å². The molecule has 46 heavy (non-hydrogen) atoms. The largest absolute Gasteiger partial charge is 0.494 e. The smallest absolute Gasteiger partial charge is 0.254 e. The van der Waals surface area contributed by atoms with E-state index in [0.29, 0.717) is 36.2 Å². The zero-order chi connectivity index (χ0) is 30.9. The molecule has 4 aromatic heterocycles. The number of fused-ring (bicyclic) bond motifs is 4. The predicted octanol–water partition coefficient (Wildman–Crippen LogP) is 5.27. The van der Waals surface area contributed by atoms with E-state index in [-0.39, 0.29) is 18.0 Å². The van der Waals surface area contributed by atoms with Gasteiger partial charge in [0.1, 0.15) is 11.3 Å². The van der Waals surface area contributed by atoms with Crippen molar-refractivity contribution in [3.05, 3.63) is 90.4 Å². The van der Waals surface area contributed by atoms with Gasteiger partial charge in [-0.2, -0.15) is 5.10 Å². The number of ether oxygens (including phenoxy) is 1. The number of carbonyl (C=O) groups excluding carboxylic acids is 1. The minimum absolute atomic E-state index is 0.00145. The molecule has 232 valence electrons. The molecule has 2 unspecified atom stereocenters. The number of aromatic nitrogens is 6. The average molecular weight is 613 g/mol. The molecular formula is C36H36N8O2. The topological polar surface area (TPSA) is 109 Å². The van der Waals surface area contributed by atoms with Crippen molar-refractivity contribution >= 4 is 27.8 Å². The van der Waals surface area contributed by atoms with Crippen LogP contribution in [-0.2, 0) is 13.1 Å². The highest BCUT2D eigenvalue weighted by Gasteiger charge is 2.47. The number of methoxy groups -OCH3 is 1. The molecular weight excluding hydrogens is 576 g/mol. The zero-order valence-corrected chi connectivity index (χ0v) is 25.8. The van der Waals surface area contributed by atoms with Crippen LogP contribution in [-0.4, -0.2) is 65.4 Å². The van der Waals surface area contributed by atoms with Crippen LogP contribution in [0.2, 0.25) is 0 Å². The number of pyridine rings is 1. The lowest BCUT2D eigenvalue weighted by molar-refractivity contribution is 0.0700. The lowest BCUT2D eigenvalue weighted by atomic mass is 10.1. The number of nitrogens with two attached hydrogens (primary N) is 1. The fourth-order valence-corrected chi connectivity index (χ4v) is 7.70. The van der Waals surface area contributed by atoms with Gasteiger partial charge >= 0.3 is 0 Å². The summed E-state index contributed by atoms with van der Waals surface area (Å²) in [6.07, 6.45) is 10.2. The van der Waals surface area contributed by atoms with E-state index in [1.54, 1.807) is 18.0 Å². The first-order valence-electron chi connectivity index (χ1n) is 16.2. The molecule has 2 aromatic carbocycles. The second-order valence-corrected chi connectivity index (χ2v) is 13.1. The second-order valence-electron chi connectivity index (χ2n) is 13.1. The van der Waals surface area contributed by atoms with Crippen molar-refractivity contribution in [3.63, 3.8) is 0 Å². The fourth-order valence-electron chi connectivity index (χ4n) is 7.70. The van der Waals surface area contributed by atoms with E-state index in [9.17, 15) is 4.79 Å². The summed E-state index contributed by atoms with van der Waals surface area (Å²) in [5.41, 5.74) is 11.9. The summed E-state index contributed by atoms with van der Waals surface area (Å²) in [4.78, 5) is 25.7. The molecule has 2 saturated carbocycles. The molecule has 3 atom stereocenters. The van der Waals surface area contributed by atoms with Crippen molar-refractivity contribution < 1.29 is 9.53 Å². The summed E-state index contributed by atoms with van der Waals surface area (Å²) < 4.78 is 12.5. The molecule has 0 spiro atoms. The van der Waals surface area contributed by atoms with E-state index in [2.05, 4.69) is 49.5 Å². The van der Waals surface area contributed by atoms with Crippen molar-refractivity contribution in [1.82, 2.24) is 33.8 Å². The Morgan fingerprint density at radius 3 is 2.65 bits per heavy atom. The normalized spacial score (nSPS) is 20.7. The molecule has 1 amide bonds. The first kappa shape index (κ1) is 27.4. The van der Waals surface area contributed by atoms with Crippen LogP contribution in [0.25, 0.3) is 39.3 Å². The number of benzene rings is 2. The summed E-state index contributed by atoms with van der Waals surface area (Å²) in [5.74, 6) is 3.26. The Morgan fingerprint density at radius 2 is 1.89 bits per heavy atom. The van der Waals surface area contributed by atoms with E-state index < -0.39 is 0 Å². The third kappa shape index (κ3) is 4.42. The Morgan fingerprint density at radius 1 is 1.02 bits per heavy atom. The van der Waals surface area contributed by atoms with Gasteiger partial charge in [-0.25, -0.2) is 14.6 Å². The predicted molar refractivity (Wildman–Crippen MR) is 176 cm³/mol. The van der Waals surface area contributed by atoms with E-state index in [4.69, 9.17) is 15.5 Å². The zero-order valence-electron chi connectivity index (χ0n) is 25.8. The van der Waals surface area contributed by atoms with Crippen LogP contribution in [0.15, 0.2) is 79.3 Å². The maximum Gasteiger partial charge on any atom is 0.254 e. The lowest BCUT2D eigenvalue weighted by Crippen LogP contribution is -2.41. The number of imidazole rings is 1. The van der Waals surface area contributed by atoms with Crippen LogP contribution in [0.3, 0.4) is 0 Å². The van der Waals surface area contributed by atoms with Crippen LogP contribution in [0.5, 0.6) is 5.75 Å². The third-order valence-electron chi connectivity index (χ3n) is 10.2. The van der Waals surface area contributed by atoms with Gasteiger partial charge in [0.15, 0.2) is 11.6 Å². The van der Waals surface area contributed by atoms with Gasteiger partial charge in [0.05, 0.1) is 31.1 Å². The van der Waals surface area contributed by atoms with E-state index in [0.717, 1.165) is 53.3 Å². The standard InChI is InChI=1S/C36H36N8O2/c1-46-31-16-26(36(45)42-21-25-11-12-29(42)33(25)37)14-27-34(31)43(19-23-17-39-44(20-23)32-8-4-5-13-38-32)35(40-27)30-15-24-6-2-3-7-28(24)41(30)18-22-9-10-22/h2-8,13-17,20,22,25,29,33H,9-12,18-19,21,37H2,1H3/t25?,29?,33-/m1/s1. The van der Waals surface area contributed by atoms with Gasteiger partial charge in [0, 0.05) is 59.6 Å². The van der Waals surface area contributed by atoms with Gasteiger partial charge in [-0.05, 0) is 73.9 Å². The molecule has 10 nitrogen and oxygen atoms in total. The number of hydrogen-bond donors (Lipinski definition) is 1. The maximum atomic E-state index is 13.9. The Bertz CT molecular complexity index is 2110. The Labute approximate surface area is 266 Å². The number of nitrogens with zero attached hydrogens (tertiary/aromatic N) is 7. The Kier molecular flexibility index (Phi) is 6.28. The Hall–Kier alpha value is -4.96. The summed E-state index contributed by atoms with van der Waals surface area (Å²) in [6.45, 7) is 2.17. The number of amides is 1. The van der Waals surface area contributed by atoms with Gasteiger partial charge in [-0.1, -0.05) is 24.3 Å². The summed E-state index contributed by atoms with van der Waals surface area (Å²) in [6, 6.07) is 20.5. The van der Waals surface area contributed by atoms with Crippen molar-refractivity contribution in [2.24, 2.45) is 17.6 Å². The summed E-state index contributed by atoms with van der Waals surface area (Å²) in [5, 5.41) is 5.81. The third-order valence-corrected chi connectivity index (χ3v) is 10.2. The number of carbonyl (C=O) groups is 1. The summed E-state index contributed by atoms with van der Waals surface area (Å²) in [7, 11) is 1.66. The first-order chi connectivity index (χ1) is 22.6. The van der Waals surface area contributed by atoms with Gasteiger partial charge < -0.3 is 24.5 Å². The fraction of sp³-hybridized carbons (Fsp3) is 0.333. The van der Waals surface area contributed by atoms with E-state index in [1.165, 1.54) is 23.7 Å². The van der Waals surface area contributed by atoms with Gasteiger partial charge in [0.25, 0.3) is 5.91 Å². The number of rotatable bonds is 8. The van der Waals surface area contributed by atoms with Crippen LogP contribution in [0.1, 0.15) is 41.6 Å². The van der Waals surface area contributed by atoms with Crippen molar-refractivity contribution in [2.45, 2.75) is 50.9 Å². The average Bonchev–Trinajstić information content (AvgIpc) is 3.40. The van der Waals surface area contributed by atoms with Crippen LogP contribution < -0.4 is 10.5 Å². The van der Waals surface area contributed by atoms with E-state index in [1.807, 2.05) is 47.6 Å². The monoisotopic (exact) mass is 612 g/mol. The highest BCUT2D eigenvalue weighted by molar-refractivity contribution is 6.00. The molecule has 5 heterocycles. The molecule has 2 N–H and O–H groups in total. The van der Waals surface area contributed by atoms with E-state index >= 15 is 0 Å². The minimum atomic E-state index is -0.00145. The van der Waals surface area contributed by atoms with Gasteiger partial charge in [-0.3, -0.25) is 4.79 Å². The second kappa shape index (κ2) is 10.6. The highest BCUT2D eigenvalue weighted by atomic mass is 16.5. The number of likely N-dealkylation sites (tertiary alicyclic amines) is 1. The van der Waals surface area contributed by atoms with Crippen LogP contribution in [0, 0.1) is 11.8 Å². The number of para-hydroxylation sites is 1. The lowest BCUT2D eigenvalue weighted by Gasteiger charge is -2.27. The van der Waals surface area contributed by atoms with Gasteiger partial charge in [-0.15, -0.1) is 0 Å². The molecule has 3 aliphatic rings. The number of hydrogen-bond acceptors (Lipinski definition) is 6. The molecule has 3 fully saturated rings. The molecule has 1 saturated heterocycles. The number of piperidine rings is 1. The SMILES string of the molecule is COc1cc(C(=O)N2CC3CCC2[C@@H]3N)cc2nc(-c3cc4ccccc4n3CC3CC3)n(Cc3cnn(-c4ccccn4)c3)c12. The summed E-state index contributed by atoms with van der Waals surface area (Å²) >= 11 is 0. The van der Waals surface area contributed by atoms with Crippen LogP contribution in [0.4, 0.5) is 0 Å². The molecule has 1 aliphatic heterocycles. The molecule has 9 rings (SSSR count). The highest BCUT2D eigenvalue weighted by Crippen LogP contribution is 2.40. The quantitative estimate of drug-likeness (QED) is 0.251. The van der Waals surface area contributed by atoms with Crippen molar-refractivity contribution in [3.8, 4) is 23.1 Å². The van der Waals surface area contributed by atoms with Crippen molar-refractivity contribution in [2.75, 3.05) is 13.7 Å². The first-order valence-corrected chi connectivity index (χ1v) is 16.2. The minimum Gasteiger partial charge on any atom is -0.494 e. The maximum absolute atomic E-state index is 13.9. The molecule has 6 aromatic rings. The van der Waals surface area contributed by atoms with Crippen LogP contribution >= 0.6 is 0 Å². The molecule has 2 aliphatic carbocycles. The molecule has 0 radical (unpaired) electrons. The molecule has 2 bridgehead atoms. The molecule has 10 heteroatoms. The Balaban J connectivity index is 1.20.